The second-order valence-electron chi connectivity index (χ2n) is 9.08. The van der Waals surface area contributed by atoms with Crippen LogP contribution in [0.4, 0.5) is 11.5 Å². The number of nitrogens with two attached hydrogens (primary N) is 2. The lowest BCUT2D eigenvalue weighted by molar-refractivity contribution is 0.100. The van der Waals surface area contributed by atoms with Gasteiger partial charge in [0.2, 0.25) is 0 Å². The van der Waals surface area contributed by atoms with Gasteiger partial charge in [-0.3, -0.25) is 4.79 Å². The number of nitrogens with zero attached hydrogens (tertiary/aromatic N) is 2. The number of thiophene rings is 1. The van der Waals surface area contributed by atoms with Crippen molar-refractivity contribution in [2.45, 2.75) is 57.9 Å². The average molecular weight is 482 g/mol. The first-order valence-corrected chi connectivity index (χ1v) is 13.1. The first kappa shape index (κ1) is 24.3. The summed E-state index contributed by atoms with van der Waals surface area (Å²) in [7, 11) is 0. The number of aromatic nitrogens is 1. The number of amides is 1. The highest BCUT2D eigenvalue weighted by atomic mass is 32.1. The van der Waals surface area contributed by atoms with Crippen LogP contribution in [0.2, 0.25) is 0 Å². The van der Waals surface area contributed by atoms with Crippen molar-refractivity contribution in [1.29, 1.82) is 0 Å². The SMILES string of the molecule is CCCc1cc(N2CCC(NCCCCc3ccccc3O)CC2)nc2sc(C(N)=O)c(N)c12. The second kappa shape index (κ2) is 11.1. The van der Waals surface area contributed by atoms with Crippen molar-refractivity contribution >= 4 is 39.0 Å². The fraction of sp³-hybridized carbons (Fsp3) is 0.462. The van der Waals surface area contributed by atoms with E-state index in [2.05, 4.69) is 23.2 Å². The number of aromatic hydroxyl groups is 1. The molecule has 0 unspecified atom stereocenters. The fourth-order valence-electron chi connectivity index (χ4n) is 4.78. The third kappa shape index (κ3) is 5.45. The van der Waals surface area contributed by atoms with Gasteiger partial charge in [-0.15, -0.1) is 11.3 Å². The van der Waals surface area contributed by atoms with Crippen LogP contribution in [0, 0.1) is 0 Å². The minimum absolute atomic E-state index is 0.396. The van der Waals surface area contributed by atoms with Crippen LogP contribution in [0.5, 0.6) is 5.75 Å². The summed E-state index contributed by atoms with van der Waals surface area (Å²) >= 11 is 1.30. The Hall–Kier alpha value is -2.84. The van der Waals surface area contributed by atoms with Crippen LogP contribution in [-0.4, -0.2) is 41.7 Å². The van der Waals surface area contributed by atoms with E-state index in [1.54, 1.807) is 6.07 Å². The Bertz CT molecular complexity index is 1140. The number of piperidine rings is 1. The van der Waals surface area contributed by atoms with Crippen molar-refractivity contribution in [2.24, 2.45) is 5.73 Å². The summed E-state index contributed by atoms with van der Waals surface area (Å²) in [5.74, 6) is 0.874. The van der Waals surface area contributed by atoms with Crippen LogP contribution in [0.3, 0.4) is 0 Å². The zero-order valence-corrected chi connectivity index (χ0v) is 20.7. The van der Waals surface area contributed by atoms with Crippen molar-refractivity contribution in [3.8, 4) is 5.75 Å². The number of nitrogen functional groups attached to an aromatic ring is 1. The lowest BCUT2D eigenvalue weighted by atomic mass is 10.0. The van der Waals surface area contributed by atoms with Crippen LogP contribution in [-0.2, 0) is 12.8 Å². The molecule has 182 valence electrons. The number of phenolic OH excluding ortho intramolecular Hbond substituents is 1. The number of unbranched alkanes of at least 4 members (excludes halogenated alkanes) is 1. The van der Waals surface area contributed by atoms with E-state index in [1.165, 1.54) is 11.3 Å². The highest BCUT2D eigenvalue weighted by Gasteiger charge is 2.23. The molecule has 1 fully saturated rings. The number of aryl methyl sites for hydroxylation is 2. The van der Waals surface area contributed by atoms with Gasteiger partial charge in [0.15, 0.2) is 0 Å². The predicted octanol–water partition coefficient (Wildman–Crippen LogP) is 4.22. The number of rotatable bonds is 10. The average Bonchev–Trinajstić information content (AvgIpc) is 3.17. The highest BCUT2D eigenvalue weighted by Crippen LogP contribution is 2.37. The molecule has 1 amide bonds. The van der Waals surface area contributed by atoms with Gasteiger partial charge < -0.3 is 26.8 Å². The standard InChI is InChI=1S/C26H35N5O2S/c1-2-7-18-16-21(30-26-22(18)23(27)24(34-26)25(28)33)31-14-11-19(12-15-31)29-13-6-5-9-17-8-3-4-10-20(17)32/h3-4,8,10,16,19,29,32H,2,5-7,9,11-15,27H2,1H3,(H2,28,33). The number of primary amides is 1. The second-order valence-corrected chi connectivity index (χ2v) is 10.1. The number of anilines is 2. The largest absolute Gasteiger partial charge is 0.508 e. The van der Waals surface area contributed by atoms with Crippen molar-refractivity contribution in [2.75, 3.05) is 30.3 Å². The normalized spacial score (nSPS) is 14.7. The van der Waals surface area contributed by atoms with Crippen molar-refractivity contribution < 1.29 is 9.90 Å². The summed E-state index contributed by atoms with van der Waals surface area (Å²) in [4.78, 5) is 20.2. The van der Waals surface area contributed by atoms with E-state index in [1.807, 2.05) is 18.2 Å². The van der Waals surface area contributed by atoms with Crippen LogP contribution in [0.1, 0.15) is 59.8 Å². The zero-order valence-electron chi connectivity index (χ0n) is 19.8. The number of phenols is 1. The van der Waals surface area contributed by atoms with E-state index in [4.69, 9.17) is 16.5 Å². The summed E-state index contributed by atoms with van der Waals surface area (Å²) in [5, 5.41) is 14.5. The lowest BCUT2D eigenvalue weighted by Gasteiger charge is -2.33. The molecule has 0 radical (unpaired) electrons. The van der Waals surface area contributed by atoms with E-state index in [9.17, 15) is 9.90 Å². The molecule has 1 aromatic carbocycles. The van der Waals surface area contributed by atoms with Gasteiger partial charge in [-0.25, -0.2) is 4.98 Å². The Morgan fingerprint density at radius 1 is 1.21 bits per heavy atom. The molecule has 34 heavy (non-hydrogen) atoms. The number of carbonyl (C=O) groups excluding carboxylic acids is 1. The Morgan fingerprint density at radius 2 is 1.97 bits per heavy atom. The van der Waals surface area contributed by atoms with Crippen LogP contribution >= 0.6 is 11.3 Å². The molecular weight excluding hydrogens is 446 g/mol. The lowest BCUT2D eigenvalue weighted by Crippen LogP contribution is -2.43. The smallest absolute Gasteiger partial charge is 0.260 e. The molecule has 0 aliphatic carbocycles. The van der Waals surface area contributed by atoms with Crippen molar-refractivity contribution in [1.82, 2.24) is 10.3 Å². The number of hydrogen-bond donors (Lipinski definition) is 4. The van der Waals surface area contributed by atoms with E-state index < -0.39 is 5.91 Å². The van der Waals surface area contributed by atoms with E-state index in [0.29, 0.717) is 22.4 Å². The van der Waals surface area contributed by atoms with E-state index in [0.717, 1.165) is 91.7 Å². The molecule has 8 heteroatoms. The topological polar surface area (TPSA) is 117 Å². The number of hydrogen-bond acceptors (Lipinski definition) is 7. The minimum atomic E-state index is -0.489. The quantitative estimate of drug-likeness (QED) is 0.322. The molecule has 0 spiro atoms. The van der Waals surface area contributed by atoms with E-state index in [-0.39, 0.29) is 0 Å². The van der Waals surface area contributed by atoms with Crippen molar-refractivity contribution in [3.63, 3.8) is 0 Å². The molecule has 0 saturated carbocycles. The molecule has 6 N–H and O–H groups in total. The molecule has 4 rings (SSSR count). The number of carbonyl (C=O) groups is 1. The maximum atomic E-state index is 11.8. The first-order valence-electron chi connectivity index (χ1n) is 12.2. The number of nitrogens with one attached hydrogen (secondary N) is 1. The van der Waals surface area contributed by atoms with Crippen LogP contribution in [0.15, 0.2) is 30.3 Å². The first-order chi connectivity index (χ1) is 16.5. The molecule has 2 aromatic heterocycles. The minimum Gasteiger partial charge on any atom is -0.508 e. The van der Waals surface area contributed by atoms with Gasteiger partial charge in [0.1, 0.15) is 21.3 Å². The van der Waals surface area contributed by atoms with Gasteiger partial charge in [0.25, 0.3) is 5.91 Å². The zero-order chi connectivity index (χ0) is 24.1. The van der Waals surface area contributed by atoms with E-state index >= 15 is 0 Å². The van der Waals surface area contributed by atoms with Gasteiger partial charge in [-0.2, -0.15) is 0 Å². The molecule has 3 heterocycles. The van der Waals surface area contributed by atoms with Crippen LogP contribution in [0.25, 0.3) is 10.2 Å². The maximum absolute atomic E-state index is 11.8. The molecule has 0 atom stereocenters. The van der Waals surface area contributed by atoms with Gasteiger partial charge in [0.05, 0.1) is 5.69 Å². The Labute approximate surface area is 205 Å². The summed E-state index contributed by atoms with van der Waals surface area (Å²) in [6.45, 7) is 5.03. The van der Waals surface area contributed by atoms with Gasteiger partial charge in [0, 0.05) is 24.5 Å². The molecule has 3 aromatic rings. The van der Waals surface area contributed by atoms with Crippen molar-refractivity contribution in [3.05, 3.63) is 46.3 Å². The summed E-state index contributed by atoms with van der Waals surface area (Å²) < 4.78 is 0. The van der Waals surface area contributed by atoms with Crippen LogP contribution < -0.4 is 21.7 Å². The molecule has 1 aliphatic heterocycles. The Kier molecular flexibility index (Phi) is 7.90. The predicted molar refractivity (Wildman–Crippen MR) is 141 cm³/mol. The number of pyridine rings is 1. The number of benzene rings is 1. The molecule has 1 aliphatic rings. The summed E-state index contributed by atoms with van der Waals surface area (Å²) in [6.07, 6.45) is 7.09. The molecular formula is C26H35N5O2S. The molecule has 1 saturated heterocycles. The van der Waals surface area contributed by atoms with Gasteiger partial charge >= 0.3 is 0 Å². The monoisotopic (exact) mass is 481 g/mol. The molecule has 7 nitrogen and oxygen atoms in total. The van der Waals surface area contributed by atoms with Gasteiger partial charge in [-0.05, 0) is 68.3 Å². The summed E-state index contributed by atoms with van der Waals surface area (Å²) in [6, 6.07) is 10.2. The number of fused-ring (bicyclic) bond motifs is 1. The Balaban J connectivity index is 1.31. The third-order valence-electron chi connectivity index (χ3n) is 6.63. The highest BCUT2D eigenvalue weighted by molar-refractivity contribution is 7.21. The maximum Gasteiger partial charge on any atom is 0.260 e. The van der Waals surface area contributed by atoms with Gasteiger partial charge in [-0.1, -0.05) is 31.5 Å². The Morgan fingerprint density at radius 3 is 2.68 bits per heavy atom. The third-order valence-corrected chi connectivity index (χ3v) is 7.74. The molecule has 0 bridgehead atoms. The number of para-hydroxylation sites is 1. The summed E-state index contributed by atoms with van der Waals surface area (Å²) in [5.41, 5.74) is 14.4. The fourth-order valence-corrected chi connectivity index (χ4v) is 5.77.